The van der Waals surface area contributed by atoms with E-state index in [2.05, 4.69) is 0 Å². The van der Waals surface area contributed by atoms with Gasteiger partial charge in [0, 0.05) is 18.6 Å². The molecule has 0 bridgehead atoms. The SMILES string of the molecule is ClC1(Cl)C=CC=C1.[V]. The van der Waals surface area contributed by atoms with Crippen molar-refractivity contribution in [1.82, 2.24) is 0 Å². The Morgan fingerprint density at radius 3 is 1.50 bits per heavy atom. The van der Waals surface area contributed by atoms with E-state index in [0.29, 0.717) is 0 Å². The smallest absolute Gasteiger partial charge is 0.0923 e. The van der Waals surface area contributed by atoms with Gasteiger partial charge in [-0.1, -0.05) is 35.4 Å². The van der Waals surface area contributed by atoms with Crippen molar-refractivity contribution in [2.45, 2.75) is 4.33 Å². The van der Waals surface area contributed by atoms with Crippen LogP contribution in [0.15, 0.2) is 24.3 Å². The third-order valence-electron chi connectivity index (χ3n) is 0.748. The number of allylic oxidation sites excluding steroid dienone is 4. The third-order valence-corrected chi connectivity index (χ3v) is 1.25. The van der Waals surface area contributed by atoms with Crippen LogP contribution >= 0.6 is 23.2 Å². The van der Waals surface area contributed by atoms with Crippen LogP contribution in [0.25, 0.3) is 0 Å². The normalized spacial score (nSPS) is 20.8. The molecule has 0 aliphatic heterocycles. The fourth-order valence-corrected chi connectivity index (χ4v) is 0.714. The summed E-state index contributed by atoms with van der Waals surface area (Å²) in [5, 5.41) is 0. The standard InChI is InChI=1S/C5H4Cl2.V/c6-5(7)3-1-2-4-5;/h1-4H;. The number of halogens is 2. The fraction of sp³-hybridized carbons (Fsp3) is 0.200. The largest absolute Gasteiger partial charge is 0.155 e. The molecule has 0 aromatic carbocycles. The molecular formula is C5H4Cl2V. The van der Waals surface area contributed by atoms with E-state index in [1.807, 2.05) is 12.2 Å². The van der Waals surface area contributed by atoms with E-state index in [1.165, 1.54) is 0 Å². The van der Waals surface area contributed by atoms with Crippen molar-refractivity contribution in [3.63, 3.8) is 0 Å². The Balaban J connectivity index is 0.000000490. The molecule has 0 saturated carbocycles. The van der Waals surface area contributed by atoms with Gasteiger partial charge in [-0.2, -0.15) is 0 Å². The van der Waals surface area contributed by atoms with Crippen LogP contribution < -0.4 is 0 Å². The Labute approximate surface area is 70.4 Å². The van der Waals surface area contributed by atoms with E-state index in [4.69, 9.17) is 23.2 Å². The second kappa shape index (κ2) is 2.98. The zero-order valence-electron chi connectivity index (χ0n) is 4.01. The number of rotatable bonds is 0. The van der Waals surface area contributed by atoms with Gasteiger partial charge in [0.25, 0.3) is 0 Å². The predicted octanol–water partition coefficient (Wildman–Crippen LogP) is 2.28. The summed E-state index contributed by atoms with van der Waals surface area (Å²) < 4.78 is -0.722. The fourth-order valence-electron chi connectivity index (χ4n) is 0.423. The van der Waals surface area contributed by atoms with Crippen molar-refractivity contribution in [3.05, 3.63) is 24.3 Å². The molecule has 0 unspecified atom stereocenters. The first-order chi connectivity index (χ1) is 3.21. The van der Waals surface area contributed by atoms with Gasteiger partial charge in [0.2, 0.25) is 0 Å². The Hall–Kier alpha value is 0.644. The van der Waals surface area contributed by atoms with Crippen LogP contribution in [0.5, 0.6) is 0 Å². The summed E-state index contributed by atoms with van der Waals surface area (Å²) in [5.74, 6) is 0. The maximum Gasteiger partial charge on any atom is 0.155 e. The second-order valence-corrected chi connectivity index (χ2v) is 2.84. The molecule has 0 aromatic rings. The molecule has 0 N–H and O–H groups in total. The molecule has 3 heteroatoms. The summed E-state index contributed by atoms with van der Waals surface area (Å²) in [6.45, 7) is 0. The minimum Gasteiger partial charge on any atom is -0.0923 e. The van der Waals surface area contributed by atoms with E-state index >= 15 is 0 Å². The molecule has 0 atom stereocenters. The zero-order valence-corrected chi connectivity index (χ0v) is 6.92. The molecule has 43 valence electrons. The van der Waals surface area contributed by atoms with E-state index < -0.39 is 4.33 Å². The third kappa shape index (κ3) is 2.28. The summed E-state index contributed by atoms with van der Waals surface area (Å²) in [5.41, 5.74) is 0. The molecule has 1 aliphatic carbocycles. The van der Waals surface area contributed by atoms with Crippen LogP contribution in [0, 0.1) is 0 Å². The van der Waals surface area contributed by atoms with Gasteiger partial charge in [-0.25, -0.2) is 0 Å². The predicted molar refractivity (Wildman–Crippen MR) is 32.7 cm³/mol. The first-order valence-corrected chi connectivity index (χ1v) is 2.71. The molecular weight excluding hydrogens is 182 g/mol. The monoisotopic (exact) mass is 185 g/mol. The zero-order chi connectivity index (χ0) is 5.33. The molecule has 1 aliphatic rings. The van der Waals surface area contributed by atoms with Crippen LogP contribution in [0.1, 0.15) is 0 Å². The van der Waals surface area contributed by atoms with Crippen LogP contribution in [0.3, 0.4) is 0 Å². The minimum absolute atomic E-state index is 0. The summed E-state index contributed by atoms with van der Waals surface area (Å²) in [6.07, 6.45) is 7.08. The second-order valence-electron chi connectivity index (χ2n) is 1.39. The average molecular weight is 186 g/mol. The van der Waals surface area contributed by atoms with Crippen LogP contribution in [-0.2, 0) is 18.6 Å². The van der Waals surface area contributed by atoms with Gasteiger partial charge in [0.15, 0.2) is 4.33 Å². The first-order valence-electron chi connectivity index (χ1n) is 1.96. The van der Waals surface area contributed by atoms with Crippen molar-refractivity contribution in [2.75, 3.05) is 0 Å². The van der Waals surface area contributed by atoms with Crippen molar-refractivity contribution in [1.29, 1.82) is 0 Å². The molecule has 0 aromatic heterocycles. The van der Waals surface area contributed by atoms with Gasteiger partial charge in [0.1, 0.15) is 0 Å². The van der Waals surface area contributed by atoms with Gasteiger partial charge in [-0.3, -0.25) is 0 Å². The maximum absolute atomic E-state index is 5.56. The number of hydrogen-bond donors (Lipinski definition) is 0. The minimum atomic E-state index is -0.722. The summed E-state index contributed by atoms with van der Waals surface area (Å²) in [6, 6.07) is 0. The Bertz CT molecular complexity index is 112. The Morgan fingerprint density at radius 2 is 1.38 bits per heavy atom. The van der Waals surface area contributed by atoms with Gasteiger partial charge < -0.3 is 0 Å². The van der Waals surface area contributed by atoms with Gasteiger partial charge in [-0.05, 0) is 12.2 Å². The van der Waals surface area contributed by atoms with E-state index in [9.17, 15) is 0 Å². The summed E-state index contributed by atoms with van der Waals surface area (Å²) in [4.78, 5) is 0. The quantitative estimate of drug-likeness (QED) is 0.509. The van der Waals surface area contributed by atoms with E-state index in [0.717, 1.165) is 0 Å². The Kier molecular flexibility index (Phi) is 3.22. The van der Waals surface area contributed by atoms with Crippen molar-refractivity contribution in [2.24, 2.45) is 0 Å². The number of hydrogen-bond acceptors (Lipinski definition) is 0. The topological polar surface area (TPSA) is 0 Å². The molecule has 0 fully saturated rings. The molecule has 0 spiro atoms. The molecule has 1 rings (SSSR count). The first kappa shape index (κ1) is 8.64. The van der Waals surface area contributed by atoms with Crippen LogP contribution in [0.2, 0.25) is 0 Å². The van der Waals surface area contributed by atoms with Crippen molar-refractivity contribution >= 4 is 23.2 Å². The Morgan fingerprint density at radius 1 is 1.00 bits per heavy atom. The molecule has 0 heterocycles. The van der Waals surface area contributed by atoms with Gasteiger partial charge >= 0.3 is 0 Å². The number of alkyl halides is 2. The van der Waals surface area contributed by atoms with Gasteiger partial charge in [0.05, 0.1) is 0 Å². The van der Waals surface area contributed by atoms with E-state index in [1.54, 1.807) is 12.2 Å². The molecule has 1 radical (unpaired) electrons. The maximum atomic E-state index is 5.56. The van der Waals surface area contributed by atoms with E-state index in [-0.39, 0.29) is 18.6 Å². The van der Waals surface area contributed by atoms with Gasteiger partial charge in [-0.15, -0.1) is 0 Å². The summed E-state index contributed by atoms with van der Waals surface area (Å²) in [7, 11) is 0. The van der Waals surface area contributed by atoms with Crippen molar-refractivity contribution < 1.29 is 18.6 Å². The molecule has 8 heavy (non-hydrogen) atoms. The van der Waals surface area contributed by atoms with Crippen molar-refractivity contribution in [3.8, 4) is 0 Å². The molecule has 0 saturated heterocycles. The van der Waals surface area contributed by atoms with Crippen LogP contribution in [-0.4, -0.2) is 4.33 Å². The summed E-state index contributed by atoms with van der Waals surface area (Å²) >= 11 is 11.1. The van der Waals surface area contributed by atoms with Crippen LogP contribution in [0.4, 0.5) is 0 Å². The molecule has 0 amide bonds. The average Bonchev–Trinajstić information content (AvgIpc) is 1.84. The molecule has 0 nitrogen and oxygen atoms in total.